The number of benzene rings is 2. The van der Waals surface area contributed by atoms with E-state index in [4.69, 9.17) is 16.3 Å². The zero-order valence-corrected chi connectivity index (χ0v) is 18.3. The smallest absolute Gasteiger partial charge is 0.262 e. The molecule has 0 radical (unpaired) electrons. The molecular formula is C22H24ClN3O3S. The van der Waals surface area contributed by atoms with Gasteiger partial charge in [-0.2, -0.15) is 0 Å². The number of rotatable bonds is 10. The average Bonchev–Trinajstić information content (AvgIpc) is 2.76. The molecule has 2 aromatic carbocycles. The van der Waals surface area contributed by atoms with Crippen LogP contribution in [0.1, 0.15) is 18.9 Å². The third kappa shape index (κ3) is 5.84. The molecule has 1 N–H and O–H groups in total. The van der Waals surface area contributed by atoms with Crippen molar-refractivity contribution in [3.05, 3.63) is 69.5 Å². The molecular weight excluding hydrogens is 422 g/mol. The molecule has 0 fully saturated rings. The van der Waals surface area contributed by atoms with E-state index in [1.165, 1.54) is 11.8 Å². The maximum atomic E-state index is 13.0. The Morgan fingerprint density at radius 3 is 2.77 bits per heavy atom. The molecule has 0 atom stereocenters. The highest BCUT2D eigenvalue weighted by atomic mass is 35.5. The zero-order valence-electron chi connectivity index (χ0n) is 16.8. The lowest BCUT2D eigenvalue weighted by atomic mass is 10.2. The largest absolute Gasteiger partial charge is 0.382 e. The predicted molar refractivity (Wildman–Crippen MR) is 121 cm³/mol. The van der Waals surface area contributed by atoms with Crippen LogP contribution in [0, 0.1) is 0 Å². The van der Waals surface area contributed by atoms with Gasteiger partial charge in [0.25, 0.3) is 5.56 Å². The number of halogens is 1. The number of hydrogen-bond acceptors (Lipinski definition) is 5. The van der Waals surface area contributed by atoms with Crippen molar-refractivity contribution in [1.82, 2.24) is 14.9 Å². The van der Waals surface area contributed by atoms with Crippen LogP contribution >= 0.6 is 23.4 Å². The number of amides is 1. The number of fused-ring (bicyclic) bond motifs is 1. The maximum absolute atomic E-state index is 13.0. The minimum absolute atomic E-state index is 0.101. The summed E-state index contributed by atoms with van der Waals surface area (Å²) >= 11 is 7.38. The van der Waals surface area contributed by atoms with E-state index in [0.717, 1.165) is 5.56 Å². The van der Waals surface area contributed by atoms with Crippen molar-refractivity contribution in [3.8, 4) is 0 Å². The number of hydrogen-bond donors (Lipinski definition) is 1. The molecule has 0 bridgehead atoms. The van der Waals surface area contributed by atoms with Gasteiger partial charge in [0.1, 0.15) is 0 Å². The van der Waals surface area contributed by atoms with Crippen molar-refractivity contribution in [3.63, 3.8) is 0 Å². The second-order valence-electron chi connectivity index (χ2n) is 6.58. The molecule has 0 saturated heterocycles. The summed E-state index contributed by atoms with van der Waals surface area (Å²) in [6.45, 7) is 3.98. The second kappa shape index (κ2) is 11.2. The van der Waals surface area contributed by atoms with Gasteiger partial charge in [0.2, 0.25) is 5.91 Å². The summed E-state index contributed by atoms with van der Waals surface area (Å²) in [5.41, 5.74) is 1.38. The Morgan fingerprint density at radius 1 is 1.20 bits per heavy atom. The molecule has 0 saturated carbocycles. The normalized spacial score (nSPS) is 11.0. The van der Waals surface area contributed by atoms with Crippen LogP contribution in [0.3, 0.4) is 0 Å². The molecule has 1 aromatic heterocycles. The average molecular weight is 446 g/mol. The van der Waals surface area contributed by atoms with E-state index >= 15 is 0 Å². The van der Waals surface area contributed by atoms with Crippen molar-refractivity contribution in [2.45, 2.75) is 31.6 Å². The van der Waals surface area contributed by atoms with Crippen LogP contribution in [0.4, 0.5) is 0 Å². The second-order valence-corrected chi connectivity index (χ2v) is 7.93. The molecule has 0 unspecified atom stereocenters. The van der Waals surface area contributed by atoms with Crippen molar-refractivity contribution < 1.29 is 9.53 Å². The van der Waals surface area contributed by atoms with E-state index in [-0.39, 0.29) is 17.2 Å². The van der Waals surface area contributed by atoms with E-state index in [1.807, 2.05) is 43.3 Å². The topological polar surface area (TPSA) is 73.2 Å². The molecule has 0 aliphatic heterocycles. The van der Waals surface area contributed by atoms with Crippen LogP contribution in [-0.4, -0.2) is 34.4 Å². The molecule has 3 aromatic rings. The fraction of sp³-hybridized carbons (Fsp3) is 0.318. The molecule has 30 heavy (non-hydrogen) atoms. The molecule has 0 spiro atoms. The lowest BCUT2D eigenvalue weighted by molar-refractivity contribution is -0.118. The first kappa shape index (κ1) is 22.3. The number of thioether (sulfide) groups is 1. The van der Waals surface area contributed by atoms with Crippen LogP contribution in [0.25, 0.3) is 10.9 Å². The minimum Gasteiger partial charge on any atom is -0.382 e. The molecule has 8 heteroatoms. The van der Waals surface area contributed by atoms with Gasteiger partial charge in [-0.25, -0.2) is 4.98 Å². The Bertz CT molecular complexity index is 1070. The Labute approximate surface area is 184 Å². The quantitative estimate of drug-likeness (QED) is 0.291. The third-order valence-corrected chi connectivity index (χ3v) is 5.81. The summed E-state index contributed by atoms with van der Waals surface area (Å²) in [5.74, 6) is 0.00364. The van der Waals surface area contributed by atoms with Gasteiger partial charge in [-0.3, -0.25) is 14.2 Å². The minimum atomic E-state index is -0.150. The maximum Gasteiger partial charge on any atom is 0.262 e. The Hall–Kier alpha value is -2.35. The fourth-order valence-corrected chi connectivity index (χ4v) is 4.00. The molecule has 1 amide bonds. The summed E-state index contributed by atoms with van der Waals surface area (Å²) in [5, 5.41) is 4.58. The van der Waals surface area contributed by atoms with Gasteiger partial charge in [0.15, 0.2) is 5.16 Å². The highest BCUT2D eigenvalue weighted by Gasteiger charge is 2.13. The van der Waals surface area contributed by atoms with E-state index < -0.39 is 0 Å². The lowest BCUT2D eigenvalue weighted by Crippen LogP contribution is -2.27. The summed E-state index contributed by atoms with van der Waals surface area (Å²) < 4.78 is 7.02. The van der Waals surface area contributed by atoms with Crippen LogP contribution in [0.5, 0.6) is 0 Å². The standard InChI is InChI=1S/C22H24ClN3O3S/c1-2-29-13-7-12-26-21(28)17-9-4-6-11-19(17)25-22(26)30-15-20(27)24-14-16-8-3-5-10-18(16)23/h3-6,8-11H,2,7,12-15H2,1H3,(H,24,27). The van der Waals surface area contributed by atoms with E-state index in [9.17, 15) is 9.59 Å². The molecule has 6 nitrogen and oxygen atoms in total. The fourth-order valence-electron chi connectivity index (χ4n) is 2.94. The van der Waals surface area contributed by atoms with Gasteiger partial charge in [-0.15, -0.1) is 0 Å². The van der Waals surface area contributed by atoms with Crippen LogP contribution in [0.15, 0.2) is 58.5 Å². The summed E-state index contributed by atoms with van der Waals surface area (Å²) in [6, 6.07) is 14.6. The number of aromatic nitrogens is 2. The third-order valence-electron chi connectivity index (χ3n) is 4.47. The Kier molecular flexibility index (Phi) is 8.30. The summed E-state index contributed by atoms with van der Waals surface area (Å²) in [7, 11) is 0. The lowest BCUT2D eigenvalue weighted by Gasteiger charge is -2.13. The first-order chi connectivity index (χ1) is 14.6. The number of carbonyl (C=O) groups excluding carboxylic acids is 1. The SMILES string of the molecule is CCOCCCn1c(SCC(=O)NCc2ccccc2Cl)nc2ccccc2c1=O. The van der Waals surface area contributed by atoms with Crippen molar-refractivity contribution in [2.24, 2.45) is 0 Å². The van der Waals surface area contributed by atoms with E-state index in [1.54, 1.807) is 16.7 Å². The van der Waals surface area contributed by atoms with Crippen molar-refractivity contribution >= 4 is 40.2 Å². The highest BCUT2D eigenvalue weighted by Crippen LogP contribution is 2.19. The van der Waals surface area contributed by atoms with Gasteiger partial charge in [0.05, 0.1) is 16.7 Å². The van der Waals surface area contributed by atoms with E-state index in [0.29, 0.717) is 53.8 Å². The van der Waals surface area contributed by atoms with E-state index in [2.05, 4.69) is 10.3 Å². The van der Waals surface area contributed by atoms with Crippen LogP contribution in [0.2, 0.25) is 5.02 Å². The molecule has 1 heterocycles. The number of nitrogens with zero attached hydrogens (tertiary/aromatic N) is 2. The molecule has 3 rings (SSSR count). The Morgan fingerprint density at radius 2 is 1.97 bits per heavy atom. The predicted octanol–water partition coefficient (Wildman–Crippen LogP) is 3.89. The highest BCUT2D eigenvalue weighted by molar-refractivity contribution is 7.99. The molecule has 0 aliphatic rings. The molecule has 0 aliphatic carbocycles. The summed E-state index contributed by atoms with van der Waals surface area (Å²) in [4.78, 5) is 29.9. The first-order valence-electron chi connectivity index (χ1n) is 9.80. The van der Waals surface area contributed by atoms with Gasteiger partial charge in [0, 0.05) is 31.3 Å². The first-order valence-corrected chi connectivity index (χ1v) is 11.2. The summed E-state index contributed by atoms with van der Waals surface area (Å²) in [6.07, 6.45) is 0.694. The zero-order chi connectivity index (χ0) is 21.3. The molecule has 158 valence electrons. The number of para-hydroxylation sites is 1. The van der Waals surface area contributed by atoms with Gasteiger partial charge >= 0.3 is 0 Å². The number of carbonyl (C=O) groups is 1. The van der Waals surface area contributed by atoms with Crippen molar-refractivity contribution in [1.29, 1.82) is 0 Å². The van der Waals surface area contributed by atoms with Gasteiger partial charge < -0.3 is 10.1 Å². The van der Waals surface area contributed by atoms with Crippen LogP contribution < -0.4 is 10.9 Å². The number of nitrogens with one attached hydrogen (secondary N) is 1. The number of ether oxygens (including phenoxy) is 1. The Balaban J connectivity index is 1.71. The van der Waals surface area contributed by atoms with Gasteiger partial charge in [-0.1, -0.05) is 53.7 Å². The van der Waals surface area contributed by atoms with Crippen LogP contribution in [-0.2, 0) is 22.6 Å². The van der Waals surface area contributed by atoms with Crippen molar-refractivity contribution in [2.75, 3.05) is 19.0 Å². The monoisotopic (exact) mass is 445 g/mol. The van der Waals surface area contributed by atoms with Gasteiger partial charge in [-0.05, 0) is 37.1 Å².